The summed E-state index contributed by atoms with van der Waals surface area (Å²) in [5.74, 6) is 0.187. The van der Waals surface area contributed by atoms with Crippen LogP contribution < -0.4 is 11.5 Å². The van der Waals surface area contributed by atoms with Gasteiger partial charge in [0.05, 0.1) is 0 Å². The third kappa shape index (κ3) is 3.92. The van der Waals surface area contributed by atoms with Crippen LogP contribution in [0.4, 0.5) is 0 Å². The zero-order valence-electron chi connectivity index (χ0n) is 7.91. The number of halogens is 3. The second-order valence-corrected chi connectivity index (χ2v) is 4.77. The van der Waals surface area contributed by atoms with Crippen LogP contribution in [-0.4, -0.2) is 11.7 Å². The minimum absolute atomic E-state index is 0. The van der Waals surface area contributed by atoms with E-state index in [4.69, 9.17) is 11.5 Å². The Kier molecular flexibility index (Phi) is 6.79. The van der Waals surface area contributed by atoms with E-state index in [1.54, 1.807) is 6.07 Å². The van der Waals surface area contributed by atoms with Gasteiger partial charge in [-0.2, -0.15) is 0 Å². The Bertz CT molecular complexity index is 313. The molecule has 6 heteroatoms. The average molecular weight is 360 g/mol. The molecular formula is C9H13Br2ClN2O. The molecular weight excluding hydrogens is 347 g/mol. The fraction of sp³-hybridized carbons (Fsp3) is 0.333. The third-order valence-electron chi connectivity index (χ3n) is 1.92. The predicted molar refractivity (Wildman–Crippen MR) is 71.4 cm³/mol. The molecule has 5 N–H and O–H groups in total. The first-order valence-corrected chi connectivity index (χ1v) is 5.78. The minimum atomic E-state index is -0.234. The molecule has 0 unspecified atom stereocenters. The van der Waals surface area contributed by atoms with Crippen molar-refractivity contribution in [1.82, 2.24) is 0 Å². The predicted octanol–water partition coefficient (Wildman–Crippen LogP) is 2.69. The highest BCUT2D eigenvalue weighted by molar-refractivity contribution is 9.11. The van der Waals surface area contributed by atoms with Gasteiger partial charge in [0.15, 0.2) is 0 Å². The van der Waals surface area contributed by atoms with E-state index in [0.717, 1.165) is 8.95 Å². The lowest BCUT2D eigenvalue weighted by Gasteiger charge is -2.14. The molecule has 0 fully saturated rings. The van der Waals surface area contributed by atoms with Crippen molar-refractivity contribution < 1.29 is 5.11 Å². The van der Waals surface area contributed by atoms with Crippen LogP contribution >= 0.6 is 44.3 Å². The zero-order chi connectivity index (χ0) is 10.7. The fourth-order valence-corrected chi connectivity index (χ4v) is 2.76. The highest BCUT2D eigenvalue weighted by atomic mass is 79.9. The van der Waals surface area contributed by atoms with Crippen LogP contribution in [0.5, 0.6) is 5.75 Å². The number of nitrogens with two attached hydrogens (primary N) is 2. The molecule has 1 rings (SSSR count). The molecule has 86 valence electrons. The summed E-state index contributed by atoms with van der Waals surface area (Å²) < 4.78 is 1.61. The van der Waals surface area contributed by atoms with Crippen molar-refractivity contribution in [2.75, 3.05) is 6.54 Å². The van der Waals surface area contributed by atoms with E-state index < -0.39 is 0 Å². The van der Waals surface area contributed by atoms with Gasteiger partial charge >= 0.3 is 0 Å². The van der Waals surface area contributed by atoms with Crippen molar-refractivity contribution in [2.45, 2.75) is 12.5 Å². The SMILES string of the molecule is Cl.NCC[C@@H](N)c1c(O)cc(Br)cc1Br. The molecule has 0 saturated carbocycles. The number of benzene rings is 1. The number of hydrogen-bond acceptors (Lipinski definition) is 3. The van der Waals surface area contributed by atoms with Crippen molar-refractivity contribution in [3.63, 3.8) is 0 Å². The van der Waals surface area contributed by atoms with Gasteiger partial charge in [0.2, 0.25) is 0 Å². The van der Waals surface area contributed by atoms with Crippen LogP contribution in [0, 0.1) is 0 Å². The summed E-state index contributed by atoms with van der Waals surface area (Å²) >= 11 is 6.64. The Hall–Kier alpha value is 0.190. The molecule has 0 spiro atoms. The fourth-order valence-electron chi connectivity index (χ4n) is 1.26. The first kappa shape index (κ1) is 15.2. The van der Waals surface area contributed by atoms with Gasteiger partial charge in [0.1, 0.15) is 5.75 Å². The maximum absolute atomic E-state index is 9.69. The molecule has 0 aliphatic rings. The van der Waals surface area contributed by atoms with Gasteiger partial charge in [-0.1, -0.05) is 31.9 Å². The molecule has 0 saturated heterocycles. The van der Waals surface area contributed by atoms with Gasteiger partial charge < -0.3 is 16.6 Å². The molecule has 15 heavy (non-hydrogen) atoms. The van der Waals surface area contributed by atoms with Crippen molar-refractivity contribution in [2.24, 2.45) is 11.5 Å². The monoisotopic (exact) mass is 358 g/mol. The van der Waals surface area contributed by atoms with Crippen molar-refractivity contribution in [1.29, 1.82) is 0 Å². The summed E-state index contributed by atoms with van der Waals surface area (Å²) in [6.07, 6.45) is 0.647. The van der Waals surface area contributed by atoms with E-state index in [1.165, 1.54) is 0 Å². The Morgan fingerprint density at radius 3 is 2.40 bits per heavy atom. The number of hydrogen-bond donors (Lipinski definition) is 3. The summed E-state index contributed by atoms with van der Waals surface area (Å²) in [6.45, 7) is 0.503. The lowest BCUT2D eigenvalue weighted by Crippen LogP contribution is -2.16. The first-order valence-electron chi connectivity index (χ1n) is 4.19. The summed E-state index contributed by atoms with van der Waals surface area (Å²) in [5, 5.41) is 9.69. The van der Waals surface area contributed by atoms with E-state index >= 15 is 0 Å². The molecule has 1 aromatic rings. The average Bonchev–Trinajstić information content (AvgIpc) is 2.01. The van der Waals surface area contributed by atoms with Gasteiger partial charge in [-0.3, -0.25) is 0 Å². The molecule has 0 aliphatic carbocycles. The minimum Gasteiger partial charge on any atom is -0.508 e. The van der Waals surface area contributed by atoms with E-state index in [0.29, 0.717) is 18.5 Å². The lowest BCUT2D eigenvalue weighted by atomic mass is 10.0. The molecule has 3 nitrogen and oxygen atoms in total. The lowest BCUT2D eigenvalue weighted by molar-refractivity contribution is 0.458. The van der Waals surface area contributed by atoms with Gasteiger partial charge in [-0.15, -0.1) is 12.4 Å². The highest BCUT2D eigenvalue weighted by Crippen LogP contribution is 2.34. The van der Waals surface area contributed by atoms with E-state index in [1.807, 2.05) is 6.07 Å². The smallest absolute Gasteiger partial charge is 0.122 e. The largest absolute Gasteiger partial charge is 0.508 e. The van der Waals surface area contributed by atoms with Crippen molar-refractivity contribution >= 4 is 44.3 Å². The Morgan fingerprint density at radius 2 is 1.93 bits per heavy atom. The van der Waals surface area contributed by atoms with Crippen LogP contribution in [0.15, 0.2) is 21.1 Å². The molecule has 0 heterocycles. The van der Waals surface area contributed by atoms with Gasteiger partial charge in [0, 0.05) is 20.6 Å². The number of phenols is 1. The van der Waals surface area contributed by atoms with Gasteiger partial charge in [-0.25, -0.2) is 0 Å². The number of aromatic hydroxyl groups is 1. The molecule has 1 atom stereocenters. The standard InChI is InChI=1S/C9H12Br2N2O.ClH/c10-5-3-6(11)9(8(14)4-5)7(13)1-2-12;/h3-4,7,14H,1-2,12-13H2;1H/t7-;/m1./s1. The van der Waals surface area contributed by atoms with Crippen LogP contribution in [0.25, 0.3) is 0 Å². The van der Waals surface area contributed by atoms with Crippen LogP contribution in [0.1, 0.15) is 18.0 Å². The summed E-state index contributed by atoms with van der Waals surface area (Å²) in [4.78, 5) is 0. The molecule has 1 aromatic carbocycles. The molecule has 0 amide bonds. The summed E-state index contributed by atoms with van der Waals surface area (Å²) in [6, 6.07) is 3.24. The Morgan fingerprint density at radius 1 is 1.33 bits per heavy atom. The summed E-state index contributed by atoms with van der Waals surface area (Å²) in [5.41, 5.74) is 12.0. The van der Waals surface area contributed by atoms with E-state index in [9.17, 15) is 5.11 Å². The van der Waals surface area contributed by atoms with Gasteiger partial charge in [0.25, 0.3) is 0 Å². The number of rotatable bonds is 3. The third-order valence-corrected chi connectivity index (χ3v) is 3.03. The Labute approximate surface area is 112 Å². The van der Waals surface area contributed by atoms with E-state index in [-0.39, 0.29) is 24.2 Å². The molecule has 0 radical (unpaired) electrons. The zero-order valence-corrected chi connectivity index (χ0v) is 11.9. The molecule has 0 aromatic heterocycles. The quantitative estimate of drug-likeness (QED) is 0.776. The van der Waals surface area contributed by atoms with Crippen molar-refractivity contribution in [3.05, 3.63) is 26.6 Å². The maximum Gasteiger partial charge on any atom is 0.122 e. The van der Waals surface area contributed by atoms with Crippen LogP contribution in [0.3, 0.4) is 0 Å². The van der Waals surface area contributed by atoms with E-state index in [2.05, 4.69) is 31.9 Å². The Balaban J connectivity index is 0.00000196. The normalized spacial score (nSPS) is 12.0. The van der Waals surface area contributed by atoms with Crippen LogP contribution in [0.2, 0.25) is 0 Å². The van der Waals surface area contributed by atoms with Gasteiger partial charge in [-0.05, 0) is 25.1 Å². The molecule has 0 bridgehead atoms. The second kappa shape index (κ2) is 6.70. The first-order chi connectivity index (χ1) is 6.56. The number of phenolic OH excluding ortho intramolecular Hbond substituents is 1. The summed E-state index contributed by atoms with van der Waals surface area (Å²) in [7, 11) is 0. The maximum atomic E-state index is 9.69. The van der Waals surface area contributed by atoms with Crippen molar-refractivity contribution in [3.8, 4) is 5.75 Å². The second-order valence-electron chi connectivity index (χ2n) is 3.00. The topological polar surface area (TPSA) is 72.3 Å². The highest BCUT2D eigenvalue weighted by Gasteiger charge is 2.14. The van der Waals surface area contributed by atoms with Crippen LogP contribution in [-0.2, 0) is 0 Å². The molecule has 0 aliphatic heterocycles.